The lowest BCUT2D eigenvalue weighted by atomic mass is 9.92. The molecule has 0 heterocycles. The van der Waals surface area contributed by atoms with Gasteiger partial charge in [-0.2, -0.15) is 0 Å². The Morgan fingerprint density at radius 3 is 2.73 bits per heavy atom. The number of terminal acetylenes is 1. The zero-order valence-electron chi connectivity index (χ0n) is 8.76. The largest absolute Gasteiger partial charge is 0.120 e. The summed E-state index contributed by atoms with van der Waals surface area (Å²) in [4.78, 5) is 0. The molecule has 0 aliphatic carbocycles. The number of hydrogen-bond acceptors (Lipinski definition) is 0. The van der Waals surface area contributed by atoms with Gasteiger partial charge in [0.2, 0.25) is 0 Å². The van der Waals surface area contributed by atoms with Gasteiger partial charge in [0.15, 0.2) is 0 Å². The Bertz CT molecular complexity index is 363. The first-order chi connectivity index (χ1) is 7.19. The van der Waals surface area contributed by atoms with Gasteiger partial charge >= 0.3 is 0 Å². The molecule has 0 N–H and O–H groups in total. The van der Waals surface area contributed by atoms with E-state index in [1.54, 1.807) is 6.07 Å². The highest BCUT2D eigenvalue weighted by molar-refractivity contribution is 6.33. The van der Waals surface area contributed by atoms with Crippen LogP contribution in [0.2, 0.25) is 10.0 Å². The molecule has 1 aromatic carbocycles. The van der Waals surface area contributed by atoms with E-state index in [0.29, 0.717) is 17.4 Å². The summed E-state index contributed by atoms with van der Waals surface area (Å²) in [7, 11) is 0. The van der Waals surface area contributed by atoms with Crippen LogP contribution < -0.4 is 0 Å². The Hall–Kier alpha value is -0.640. The summed E-state index contributed by atoms with van der Waals surface area (Å²) in [6.45, 7) is 2.14. The van der Waals surface area contributed by atoms with Gasteiger partial charge in [0, 0.05) is 16.5 Å². The third kappa shape index (κ3) is 3.45. The van der Waals surface area contributed by atoms with Crippen molar-refractivity contribution in [3.63, 3.8) is 0 Å². The Kier molecular flexibility index (Phi) is 5.02. The van der Waals surface area contributed by atoms with Gasteiger partial charge in [-0.3, -0.25) is 0 Å². The molecule has 1 rings (SSSR count). The van der Waals surface area contributed by atoms with Crippen LogP contribution in [0.5, 0.6) is 0 Å². The Morgan fingerprint density at radius 2 is 2.13 bits per heavy atom. The molecule has 2 heteroatoms. The van der Waals surface area contributed by atoms with E-state index in [-0.39, 0.29) is 0 Å². The minimum Gasteiger partial charge on any atom is -0.120 e. The fourth-order valence-corrected chi connectivity index (χ4v) is 2.14. The SMILES string of the molecule is C#CCC(CCC)c1cc(Cl)ccc1Cl. The fourth-order valence-electron chi connectivity index (χ4n) is 1.69. The number of benzene rings is 1. The molecule has 15 heavy (non-hydrogen) atoms. The smallest absolute Gasteiger partial charge is 0.0442 e. The van der Waals surface area contributed by atoms with Gasteiger partial charge in [-0.15, -0.1) is 12.3 Å². The molecule has 1 atom stereocenters. The van der Waals surface area contributed by atoms with E-state index in [1.165, 1.54) is 0 Å². The van der Waals surface area contributed by atoms with E-state index in [0.717, 1.165) is 23.4 Å². The molecule has 0 bridgehead atoms. The highest BCUT2D eigenvalue weighted by Crippen LogP contribution is 2.32. The molecule has 0 saturated carbocycles. The normalized spacial score (nSPS) is 12.1. The molecular formula is C13H14Cl2. The van der Waals surface area contributed by atoms with Crippen molar-refractivity contribution in [2.24, 2.45) is 0 Å². The van der Waals surface area contributed by atoms with Gasteiger partial charge in [-0.25, -0.2) is 0 Å². The summed E-state index contributed by atoms with van der Waals surface area (Å²) < 4.78 is 0. The lowest BCUT2D eigenvalue weighted by molar-refractivity contribution is 0.629. The third-order valence-corrected chi connectivity index (χ3v) is 2.98. The Balaban J connectivity index is 2.99. The number of hydrogen-bond donors (Lipinski definition) is 0. The van der Waals surface area contributed by atoms with E-state index >= 15 is 0 Å². The van der Waals surface area contributed by atoms with Gasteiger partial charge in [-0.1, -0.05) is 36.5 Å². The molecule has 0 amide bonds. The van der Waals surface area contributed by atoms with Crippen LogP contribution in [-0.2, 0) is 0 Å². The maximum Gasteiger partial charge on any atom is 0.0442 e. The second-order valence-corrected chi connectivity index (χ2v) is 4.40. The monoisotopic (exact) mass is 240 g/mol. The topological polar surface area (TPSA) is 0 Å². The quantitative estimate of drug-likeness (QED) is 0.657. The Labute approximate surface area is 102 Å². The van der Waals surface area contributed by atoms with Crippen molar-refractivity contribution < 1.29 is 0 Å². The van der Waals surface area contributed by atoms with Gasteiger partial charge < -0.3 is 0 Å². The maximum absolute atomic E-state index is 6.14. The van der Waals surface area contributed by atoms with Gasteiger partial charge in [0.1, 0.15) is 0 Å². The summed E-state index contributed by atoms with van der Waals surface area (Å²) in [5, 5.41) is 1.47. The minimum atomic E-state index is 0.325. The van der Waals surface area contributed by atoms with Crippen LogP contribution in [0.1, 0.15) is 37.7 Å². The first kappa shape index (κ1) is 12.4. The molecule has 0 nitrogen and oxygen atoms in total. The van der Waals surface area contributed by atoms with Crippen molar-refractivity contribution in [2.75, 3.05) is 0 Å². The summed E-state index contributed by atoms with van der Waals surface area (Å²) >= 11 is 12.1. The number of halogens is 2. The summed E-state index contributed by atoms with van der Waals surface area (Å²) in [6.07, 6.45) is 8.21. The van der Waals surface area contributed by atoms with Crippen LogP contribution >= 0.6 is 23.2 Å². The first-order valence-electron chi connectivity index (χ1n) is 5.07. The average Bonchev–Trinajstić information content (AvgIpc) is 2.21. The highest BCUT2D eigenvalue weighted by Gasteiger charge is 2.13. The van der Waals surface area contributed by atoms with Crippen molar-refractivity contribution in [1.82, 2.24) is 0 Å². The van der Waals surface area contributed by atoms with E-state index in [4.69, 9.17) is 29.6 Å². The molecule has 0 aliphatic heterocycles. The van der Waals surface area contributed by atoms with Gasteiger partial charge in [0.25, 0.3) is 0 Å². The van der Waals surface area contributed by atoms with Crippen LogP contribution in [0, 0.1) is 12.3 Å². The van der Waals surface area contributed by atoms with Crippen molar-refractivity contribution in [3.05, 3.63) is 33.8 Å². The van der Waals surface area contributed by atoms with E-state index < -0.39 is 0 Å². The summed E-state index contributed by atoms with van der Waals surface area (Å²) in [5.74, 6) is 3.02. The molecule has 0 spiro atoms. The lowest BCUT2D eigenvalue weighted by Crippen LogP contribution is -1.98. The standard InChI is InChI=1S/C13H14Cl2/c1-3-5-10(6-4-2)12-9-11(14)7-8-13(12)15/h1,7-10H,4-6H2,2H3. The van der Waals surface area contributed by atoms with Gasteiger partial charge in [0.05, 0.1) is 0 Å². The summed E-state index contributed by atoms with van der Waals surface area (Å²) in [6, 6.07) is 5.55. The second-order valence-electron chi connectivity index (χ2n) is 3.56. The van der Waals surface area contributed by atoms with E-state index in [1.807, 2.05) is 12.1 Å². The molecular weight excluding hydrogens is 227 g/mol. The molecule has 0 aliphatic rings. The third-order valence-electron chi connectivity index (χ3n) is 2.40. The van der Waals surface area contributed by atoms with Crippen LogP contribution in [0.4, 0.5) is 0 Å². The zero-order chi connectivity index (χ0) is 11.3. The predicted molar refractivity (Wildman–Crippen MR) is 67.6 cm³/mol. The van der Waals surface area contributed by atoms with Crippen LogP contribution in [0.3, 0.4) is 0 Å². The zero-order valence-corrected chi connectivity index (χ0v) is 10.3. The molecule has 1 aromatic rings. The van der Waals surface area contributed by atoms with Crippen molar-refractivity contribution in [1.29, 1.82) is 0 Å². The van der Waals surface area contributed by atoms with Crippen LogP contribution in [0.15, 0.2) is 18.2 Å². The lowest BCUT2D eigenvalue weighted by Gasteiger charge is -2.15. The molecule has 0 fully saturated rings. The minimum absolute atomic E-state index is 0.325. The second kappa shape index (κ2) is 6.05. The maximum atomic E-state index is 6.14. The fraction of sp³-hybridized carbons (Fsp3) is 0.385. The average molecular weight is 241 g/mol. The van der Waals surface area contributed by atoms with E-state index in [9.17, 15) is 0 Å². The van der Waals surface area contributed by atoms with E-state index in [2.05, 4.69) is 12.8 Å². The summed E-state index contributed by atoms with van der Waals surface area (Å²) in [5.41, 5.74) is 1.07. The van der Waals surface area contributed by atoms with Gasteiger partial charge in [-0.05, 0) is 36.1 Å². The van der Waals surface area contributed by atoms with Crippen molar-refractivity contribution in [3.8, 4) is 12.3 Å². The molecule has 0 saturated heterocycles. The predicted octanol–water partition coefficient (Wildman–Crippen LogP) is 4.90. The van der Waals surface area contributed by atoms with Crippen LogP contribution in [0.25, 0.3) is 0 Å². The van der Waals surface area contributed by atoms with Crippen LogP contribution in [-0.4, -0.2) is 0 Å². The molecule has 0 aromatic heterocycles. The van der Waals surface area contributed by atoms with Crippen molar-refractivity contribution >= 4 is 23.2 Å². The molecule has 1 unspecified atom stereocenters. The first-order valence-corrected chi connectivity index (χ1v) is 5.83. The van der Waals surface area contributed by atoms with Crippen molar-refractivity contribution in [2.45, 2.75) is 32.1 Å². The molecule has 80 valence electrons. The number of rotatable bonds is 4. The highest BCUT2D eigenvalue weighted by atomic mass is 35.5. The molecule has 0 radical (unpaired) electrons. The Morgan fingerprint density at radius 1 is 1.40 bits per heavy atom.